The SMILES string of the molecule is CCCCC/C=C\C/C=C\CCCCCCCC(=O)OCCOC(N)=O. The van der Waals surface area contributed by atoms with Crippen molar-refractivity contribution in [3.05, 3.63) is 24.3 Å². The summed E-state index contributed by atoms with van der Waals surface area (Å²) in [5.74, 6) is -0.247. The molecule has 0 aliphatic heterocycles. The number of nitrogens with two attached hydrogens (primary N) is 1. The summed E-state index contributed by atoms with van der Waals surface area (Å²) < 4.78 is 9.40. The molecule has 0 aliphatic carbocycles. The summed E-state index contributed by atoms with van der Waals surface area (Å²) in [6, 6.07) is 0. The van der Waals surface area contributed by atoms with Gasteiger partial charge in [-0.05, 0) is 38.5 Å². The first kappa shape index (κ1) is 24.2. The summed E-state index contributed by atoms with van der Waals surface area (Å²) in [5.41, 5.74) is 4.80. The zero-order valence-corrected chi connectivity index (χ0v) is 16.4. The molecule has 0 atom stereocenters. The summed E-state index contributed by atoms with van der Waals surface area (Å²) in [5, 5.41) is 0. The van der Waals surface area contributed by atoms with Gasteiger partial charge in [-0.2, -0.15) is 0 Å². The molecule has 2 N–H and O–H groups in total. The lowest BCUT2D eigenvalue weighted by Gasteiger charge is -2.04. The molecule has 0 heterocycles. The van der Waals surface area contributed by atoms with Gasteiger partial charge in [0.2, 0.25) is 0 Å². The van der Waals surface area contributed by atoms with E-state index in [9.17, 15) is 9.59 Å². The summed E-state index contributed by atoms with van der Waals surface area (Å²) >= 11 is 0. The minimum Gasteiger partial charge on any atom is -0.462 e. The van der Waals surface area contributed by atoms with E-state index in [0.29, 0.717) is 6.42 Å². The Balaban J connectivity index is 3.29. The van der Waals surface area contributed by atoms with Gasteiger partial charge in [-0.3, -0.25) is 4.79 Å². The minimum absolute atomic E-state index is 0.0171. The third-order valence-corrected chi connectivity index (χ3v) is 3.92. The van der Waals surface area contributed by atoms with Gasteiger partial charge < -0.3 is 15.2 Å². The molecule has 0 spiro atoms. The molecule has 5 heteroatoms. The van der Waals surface area contributed by atoms with Gasteiger partial charge in [-0.25, -0.2) is 4.79 Å². The Morgan fingerprint density at radius 3 is 2.00 bits per heavy atom. The Hall–Kier alpha value is -1.78. The standard InChI is InChI=1S/C21H37NO4/c1-2-3-4-5-6-7-8-9-10-11-12-13-14-15-16-17-20(23)25-18-19-26-21(22)24/h6-7,9-10H,2-5,8,11-19H2,1H3,(H2,22,24)/b7-6-,10-9-. The molecule has 1 amide bonds. The minimum atomic E-state index is -0.852. The molecule has 0 saturated carbocycles. The lowest BCUT2D eigenvalue weighted by Crippen LogP contribution is -2.17. The first-order valence-electron chi connectivity index (χ1n) is 10.0. The van der Waals surface area contributed by atoms with Gasteiger partial charge >= 0.3 is 12.1 Å². The van der Waals surface area contributed by atoms with Crippen molar-refractivity contribution in [1.82, 2.24) is 0 Å². The van der Waals surface area contributed by atoms with Crippen molar-refractivity contribution in [2.75, 3.05) is 13.2 Å². The van der Waals surface area contributed by atoms with Crippen LogP contribution in [0.1, 0.15) is 84.0 Å². The van der Waals surface area contributed by atoms with Crippen molar-refractivity contribution in [2.45, 2.75) is 84.0 Å². The fourth-order valence-corrected chi connectivity index (χ4v) is 2.45. The van der Waals surface area contributed by atoms with Gasteiger partial charge in [-0.15, -0.1) is 0 Å². The van der Waals surface area contributed by atoms with Gasteiger partial charge in [-0.1, -0.05) is 63.3 Å². The number of carbonyl (C=O) groups excluding carboxylic acids is 2. The Morgan fingerprint density at radius 2 is 1.35 bits per heavy atom. The molecule has 150 valence electrons. The molecular formula is C21H37NO4. The van der Waals surface area contributed by atoms with Crippen molar-refractivity contribution in [3.8, 4) is 0 Å². The molecule has 0 aromatic carbocycles. The quantitative estimate of drug-likeness (QED) is 0.211. The van der Waals surface area contributed by atoms with Crippen LogP contribution in [0.3, 0.4) is 0 Å². The zero-order chi connectivity index (χ0) is 19.3. The van der Waals surface area contributed by atoms with Crippen molar-refractivity contribution in [2.24, 2.45) is 5.73 Å². The molecule has 26 heavy (non-hydrogen) atoms. The lowest BCUT2D eigenvalue weighted by molar-refractivity contribution is -0.144. The number of amides is 1. The third kappa shape index (κ3) is 20.3. The molecule has 5 nitrogen and oxygen atoms in total. The van der Waals surface area contributed by atoms with E-state index in [1.165, 1.54) is 38.5 Å². The molecule has 0 rings (SSSR count). The average Bonchev–Trinajstić information content (AvgIpc) is 2.62. The lowest BCUT2D eigenvalue weighted by atomic mass is 10.1. The van der Waals surface area contributed by atoms with E-state index in [1.807, 2.05) is 0 Å². The largest absolute Gasteiger partial charge is 0.462 e. The van der Waals surface area contributed by atoms with E-state index in [2.05, 4.69) is 36.0 Å². The second kappa shape index (κ2) is 19.5. The van der Waals surface area contributed by atoms with E-state index in [0.717, 1.165) is 32.1 Å². The van der Waals surface area contributed by atoms with Crippen molar-refractivity contribution < 1.29 is 19.1 Å². The molecule has 0 aromatic rings. The Bertz CT molecular complexity index is 405. The van der Waals surface area contributed by atoms with E-state index < -0.39 is 6.09 Å². The van der Waals surface area contributed by atoms with Crippen LogP contribution in [0.4, 0.5) is 4.79 Å². The smallest absolute Gasteiger partial charge is 0.404 e. The predicted molar refractivity (Wildman–Crippen MR) is 106 cm³/mol. The van der Waals surface area contributed by atoms with Gasteiger partial charge in [0.15, 0.2) is 0 Å². The third-order valence-electron chi connectivity index (χ3n) is 3.92. The first-order chi connectivity index (χ1) is 12.7. The maximum atomic E-state index is 11.4. The summed E-state index contributed by atoms with van der Waals surface area (Å²) in [6.07, 6.45) is 21.3. The number of rotatable bonds is 17. The van der Waals surface area contributed by atoms with Gasteiger partial charge in [0, 0.05) is 6.42 Å². The summed E-state index contributed by atoms with van der Waals surface area (Å²) in [7, 11) is 0. The highest BCUT2D eigenvalue weighted by atomic mass is 16.6. The van der Waals surface area contributed by atoms with Crippen molar-refractivity contribution >= 4 is 12.1 Å². The topological polar surface area (TPSA) is 78.6 Å². The van der Waals surface area contributed by atoms with E-state index in [4.69, 9.17) is 10.5 Å². The van der Waals surface area contributed by atoms with Crippen LogP contribution in [0.15, 0.2) is 24.3 Å². The highest BCUT2D eigenvalue weighted by Crippen LogP contribution is 2.08. The number of carbonyl (C=O) groups is 2. The fraction of sp³-hybridized carbons (Fsp3) is 0.714. The second-order valence-corrected chi connectivity index (χ2v) is 6.37. The average molecular weight is 368 g/mol. The fourth-order valence-electron chi connectivity index (χ4n) is 2.45. The molecule has 0 unspecified atom stereocenters. The molecular weight excluding hydrogens is 330 g/mol. The van der Waals surface area contributed by atoms with Gasteiger partial charge in [0.25, 0.3) is 0 Å². The number of primary amides is 1. The molecule has 0 fully saturated rings. The van der Waals surface area contributed by atoms with E-state index in [1.54, 1.807) is 0 Å². The van der Waals surface area contributed by atoms with Crippen molar-refractivity contribution in [3.63, 3.8) is 0 Å². The molecule has 0 aliphatic rings. The van der Waals surface area contributed by atoms with Crippen LogP contribution in [0.2, 0.25) is 0 Å². The van der Waals surface area contributed by atoms with Gasteiger partial charge in [0.05, 0.1) is 0 Å². The van der Waals surface area contributed by atoms with Crippen LogP contribution in [0.5, 0.6) is 0 Å². The number of hydrogen-bond donors (Lipinski definition) is 1. The maximum absolute atomic E-state index is 11.4. The zero-order valence-electron chi connectivity index (χ0n) is 16.4. The summed E-state index contributed by atoms with van der Waals surface area (Å²) in [4.78, 5) is 21.7. The number of esters is 1. The van der Waals surface area contributed by atoms with Crippen LogP contribution >= 0.6 is 0 Å². The van der Waals surface area contributed by atoms with Crippen LogP contribution in [0.25, 0.3) is 0 Å². The number of unbranched alkanes of at least 4 members (excludes halogenated alkanes) is 8. The second-order valence-electron chi connectivity index (χ2n) is 6.37. The number of allylic oxidation sites excluding steroid dienone is 4. The van der Waals surface area contributed by atoms with Crippen LogP contribution in [0, 0.1) is 0 Å². The van der Waals surface area contributed by atoms with Crippen molar-refractivity contribution in [1.29, 1.82) is 0 Å². The van der Waals surface area contributed by atoms with Crippen LogP contribution in [-0.4, -0.2) is 25.3 Å². The highest BCUT2D eigenvalue weighted by molar-refractivity contribution is 5.69. The van der Waals surface area contributed by atoms with Crippen LogP contribution in [-0.2, 0) is 14.3 Å². The highest BCUT2D eigenvalue weighted by Gasteiger charge is 2.03. The van der Waals surface area contributed by atoms with E-state index >= 15 is 0 Å². The maximum Gasteiger partial charge on any atom is 0.404 e. The number of hydrogen-bond acceptors (Lipinski definition) is 4. The Kier molecular flexibility index (Phi) is 18.2. The molecule has 0 saturated heterocycles. The number of ether oxygens (including phenoxy) is 2. The van der Waals surface area contributed by atoms with Crippen LogP contribution < -0.4 is 5.73 Å². The molecule has 0 radical (unpaired) electrons. The molecule has 0 bridgehead atoms. The van der Waals surface area contributed by atoms with E-state index in [-0.39, 0.29) is 19.2 Å². The Morgan fingerprint density at radius 1 is 0.769 bits per heavy atom. The van der Waals surface area contributed by atoms with Gasteiger partial charge in [0.1, 0.15) is 13.2 Å². The Labute approximate surface area is 159 Å². The predicted octanol–water partition coefficient (Wildman–Crippen LogP) is 5.44. The normalized spacial score (nSPS) is 11.3. The first-order valence-corrected chi connectivity index (χ1v) is 10.0. The monoisotopic (exact) mass is 367 g/mol. The molecule has 0 aromatic heterocycles. The summed E-state index contributed by atoms with van der Waals surface area (Å²) in [6.45, 7) is 2.32.